The first-order valence-electron chi connectivity index (χ1n) is 5.73. The van der Waals surface area contributed by atoms with Gasteiger partial charge in [-0.3, -0.25) is 4.79 Å². The van der Waals surface area contributed by atoms with E-state index in [9.17, 15) is 4.79 Å². The maximum Gasteiger partial charge on any atom is 0.258 e. The number of halogens is 2. The van der Waals surface area contributed by atoms with Gasteiger partial charge >= 0.3 is 0 Å². The van der Waals surface area contributed by atoms with Gasteiger partial charge in [0.2, 0.25) is 0 Å². The van der Waals surface area contributed by atoms with Crippen LogP contribution >= 0.6 is 23.2 Å². The van der Waals surface area contributed by atoms with E-state index in [1.54, 1.807) is 18.2 Å². The van der Waals surface area contributed by atoms with Gasteiger partial charge in [0.25, 0.3) is 5.91 Å². The second kappa shape index (κ2) is 6.27. The van der Waals surface area contributed by atoms with Crippen molar-refractivity contribution in [3.63, 3.8) is 0 Å². The first-order valence-corrected chi connectivity index (χ1v) is 6.48. The molecule has 1 aliphatic heterocycles. The van der Waals surface area contributed by atoms with E-state index in [-0.39, 0.29) is 18.6 Å². The zero-order valence-corrected chi connectivity index (χ0v) is 11.2. The van der Waals surface area contributed by atoms with E-state index in [2.05, 4.69) is 10.6 Å². The van der Waals surface area contributed by atoms with Crippen molar-refractivity contribution in [1.82, 2.24) is 10.6 Å². The summed E-state index contributed by atoms with van der Waals surface area (Å²) in [6.07, 6.45) is 0.948. The Morgan fingerprint density at radius 3 is 3.06 bits per heavy atom. The first-order chi connectivity index (χ1) is 8.65. The Morgan fingerprint density at radius 2 is 2.33 bits per heavy atom. The van der Waals surface area contributed by atoms with Gasteiger partial charge in [0, 0.05) is 23.7 Å². The monoisotopic (exact) mass is 288 g/mol. The van der Waals surface area contributed by atoms with Crippen molar-refractivity contribution in [3.05, 3.63) is 28.2 Å². The van der Waals surface area contributed by atoms with Gasteiger partial charge in [0.15, 0.2) is 6.61 Å². The van der Waals surface area contributed by atoms with E-state index < -0.39 is 0 Å². The molecule has 4 nitrogen and oxygen atoms in total. The van der Waals surface area contributed by atoms with Crippen LogP contribution in [0.2, 0.25) is 10.0 Å². The van der Waals surface area contributed by atoms with Crippen LogP contribution in [0.1, 0.15) is 6.42 Å². The van der Waals surface area contributed by atoms with E-state index in [0.29, 0.717) is 15.8 Å². The van der Waals surface area contributed by atoms with Crippen LogP contribution in [-0.4, -0.2) is 31.6 Å². The van der Waals surface area contributed by atoms with Crippen LogP contribution in [0.15, 0.2) is 18.2 Å². The maximum atomic E-state index is 11.6. The predicted octanol–water partition coefficient (Wildman–Crippen LogP) is 1.85. The highest BCUT2D eigenvalue weighted by molar-refractivity contribution is 6.34. The van der Waals surface area contributed by atoms with Crippen LogP contribution in [0, 0.1) is 0 Å². The summed E-state index contributed by atoms with van der Waals surface area (Å²) in [5, 5.41) is 7.02. The van der Waals surface area contributed by atoms with Gasteiger partial charge in [0.05, 0.1) is 5.02 Å². The second-order valence-corrected chi connectivity index (χ2v) is 4.96. The molecule has 0 saturated carbocycles. The molecular formula is C12H14Cl2N2O2. The molecule has 2 N–H and O–H groups in total. The van der Waals surface area contributed by atoms with Crippen molar-refractivity contribution in [1.29, 1.82) is 0 Å². The number of nitrogens with one attached hydrogen (secondary N) is 2. The average Bonchev–Trinajstić information content (AvgIpc) is 2.83. The molecule has 0 bridgehead atoms. The van der Waals surface area contributed by atoms with E-state index in [1.807, 2.05) is 0 Å². The van der Waals surface area contributed by atoms with Crippen molar-refractivity contribution in [3.8, 4) is 5.75 Å². The van der Waals surface area contributed by atoms with Crippen LogP contribution in [0.4, 0.5) is 0 Å². The minimum atomic E-state index is -0.153. The summed E-state index contributed by atoms with van der Waals surface area (Å²) >= 11 is 11.7. The summed E-state index contributed by atoms with van der Waals surface area (Å²) in [4.78, 5) is 11.6. The smallest absolute Gasteiger partial charge is 0.258 e. The summed E-state index contributed by atoms with van der Waals surface area (Å²) in [6, 6.07) is 5.09. The fraction of sp³-hybridized carbons (Fsp3) is 0.417. The SMILES string of the molecule is O=C(COc1cc(Cl)ccc1Cl)NC1CCNC1. The predicted molar refractivity (Wildman–Crippen MR) is 71.4 cm³/mol. The molecule has 1 saturated heterocycles. The number of rotatable bonds is 4. The quantitative estimate of drug-likeness (QED) is 0.889. The molecule has 1 fully saturated rings. The Labute approximate surface area is 116 Å². The summed E-state index contributed by atoms with van der Waals surface area (Å²) in [5.74, 6) is 0.267. The topological polar surface area (TPSA) is 50.4 Å². The van der Waals surface area contributed by atoms with Gasteiger partial charge in [-0.15, -0.1) is 0 Å². The largest absolute Gasteiger partial charge is 0.482 e. The van der Waals surface area contributed by atoms with Crippen molar-refractivity contribution in [2.75, 3.05) is 19.7 Å². The molecule has 1 aliphatic rings. The zero-order chi connectivity index (χ0) is 13.0. The number of hydrogen-bond acceptors (Lipinski definition) is 3. The fourth-order valence-corrected chi connectivity index (χ4v) is 2.11. The summed E-state index contributed by atoms with van der Waals surface area (Å²) in [5.41, 5.74) is 0. The van der Waals surface area contributed by atoms with Crippen LogP contribution in [0.3, 0.4) is 0 Å². The van der Waals surface area contributed by atoms with Crippen molar-refractivity contribution >= 4 is 29.1 Å². The van der Waals surface area contributed by atoms with Crippen LogP contribution in [0.5, 0.6) is 5.75 Å². The third-order valence-corrected chi connectivity index (χ3v) is 3.22. The van der Waals surface area contributed by atoms with Crippen LogP contribution in [0.25, 0.3) is 0 Å². The van der Waals surface area contributed by atoms with Gasteiger partial charge in [-0.1, -0.05) is 23.2 Å². The number of ether oxygens (including phenoxy) is 1. The molecule has 1 aromatic carbocycles. The van der Waals surface area contributed by atoms with E-state index >= 15 is 0 Å². The number of amides is 1. The Morgan fingerprint density at radius 1 is 1.50 bits per heavy atom. The molecule has 6 heteroatoms. The molecule has 1 heterocycles. The highest BCUT2D eigenvalue weighted by atomic mass is 35.5. The normalized spacial score (nSPS) is 18.7. The Kier molecular flexibility index (Phi) is 4.69. The maximum absolute atomic E-state index is 11.6. The molecule has 98 valence electrons. The number of carbonyl (C=O) groups excluding carboxylic acids is 1. The molecule has 0 spiro atoms. The molecule has 1 atom stereocenters. The molecule has 1 unspecified atom stereocenters. The lowest BCUT2D eigenvalue weighted by Crippen LogP contribution is -2.39. The van der Waals surface area contributed by atoms with E-state index in [1.165, 1.54) is 0 Å². The number of carbonyl (C=O) groups is 1. The van der Waals surface area contributed by atoms with Crippen molar-refractivity contribution in [2.45, 2.75) is 12.5 Å². The summed E-state index contributed by atoms with van der Waals surface area (Å²) < 4.78 is 5.34. The lowest BCUT2D eigenvalue weighted by molar-refractivity contribution is -0.123. The number of hydrogen-bond donors (Lipinski definition) is 2. The molecular weight excluding hydrogens is 275 g/mol. The molecule has 2 rings (SSSR count). The molecule has 0 radical (unpaired) electrons. The van der Waals surface area contributed by atoms with Gasteiger partial charge in [0.1, 0.15) is 5.75 Å². The van der Waals surface area contributed by atoms with Gasteiger partial charge in [-0.05, 0) is 25.1 Å². The lowest BCUT2D eigenvalue weighted by atomic mass is 10.2. The third kappa shape index (κ3) is 3.77. The molecule has 0 aliphatic carbocycles. The minimum absolute atomic E-state index is 0.0590. The Hall–Kier alpha value is -0.970. The highest BCUT2D eigenvalue weighted by Gasteiger charge is 2.16. The minimum Gasteiger partial charge on any atom is -0.482 e. The third-order valence-electron chi connectivity index (χ3n) is 2.68. The summed E-state index contributed by atoms with van der Waals surface area (Å²) in [7, 11) is 0. The second-order valence-electron chi connectivity index (χ2n) is 4.12. The lowest BCUT2D eigenvalue weighted by Gasteiger charge is -2.12. The van der Waals surface area contributed by atoms with Crippen molar-refractivity contribution in [2.24, 2.45) is 0 Å². The van der Waals surface area contributed by atoms with Gasteiger partial charge in [-0.2, -0.15) is 0 Å². The average molecular weight is 289 g/mol. The number of benzene rings is 1. The van der Waals surface area contributed by atoms with E-state index in [0.717, 1.165) is 19.5 Å². The molecule has 1 aromatic rings. The summed E-state index contributed by atoms with van der Waals surface area (Å²) in [6.45, 7) is 1.69. The zero-order valence-electron chi connectivity index (χ0n) is 9.71. The fourth-order valence-electron chi connectivity index (χ4n) is 1.78. The Bertz CT molecular complexity index is 434. The Balaban J connectivity index is 1.83. The molecule has 18 heavy (non-hydrogen) atoms. The standard InChI is InChI=1S/C12H14Cl2N2O2/c13-8-1-2-10(14)11(5-8)18-7-12(17)16-9-3-4-15-6-9/h1-2,5,9,15H,3-4,6-7H2,(H,16,17). The van der Waals surface area contributed by atoms with Gasteiger partial charge in [-0.25, -0.2) is 0 Å². The van der Waals surface area contributed by atoms with Crippen molar-refractivity contribution < 1.29 is 9.53 Å². The molecule has 0 aromatic heterocycles. The first kappa shape index (κ1) is 13.5. The van der Waals surface area contributed by atoms with Gasteiger partial charge < -0.3 is 15.4 Å². The van der Waals surface area contributed by atoms with Crippen LogP contribution in [-0.2, 0) is 4.79 Å². The van der Waals surface area contributed by atoms with E-state index in [4.69, 9.17) is 27.9 Å². The van der Waals surface area contributed by atoms with Crippen LogP contribution < -0.4 is 15.4 Å². The highest BCUT2D eigenvalue weighted by Crippen LogP contribution is 2.27. The molecule has 1 amide bonds.